The fourth-order valence-corrected chi connectivity index (χ4v) is 2.89. The van der Waals surface area contributed by atoms with Crippen LogP contribution in [-0.2, 0) is 4.79 Å². The molecule has 2 rings (SSSR count). The van der Waals surface area contributed by atoms with Crippen molar-refractivity contribution in [2.75, 3.05) is 0 Å². The predicted octanol–water partition coefficient (Wildman–Crippen LogP) is 3.80. The summed E-state index contributed by atoms with van der Waals surface area (Å²) in [5.74, 6) is 0.576. The second-order valence-corrected chi connectivity index (χ2v) is 6.61. The van der Waals surface area contributed by atoms with Crippen LogP contribution in [0.15, 0.2) is 16.7 Å². The number of Topliss-reactive ketones (excluding diaryl/α,β-unsaturated/α-hetero) is 2. The lowest BCUT2D eigenvalue weighted by atomic mass is 9.67. The maximum Gasteiger partial charge on any atom is 0.176 e. The molecule has 0 saturated heterocycles. The van der Waals surface area contributed by atoms with Crippen LogP contribution in [0.3, 0.4) is 0 Å². The van der Waals surface area contributed by atoms with Crippen molar-refractivity contribution in [3.05, 3.63) is 23.7 Å². The fraction of sp³-hybridized carbons (Fsp3) is 0.625. The van der Waals surface area contributed by atoms with Gasteiger partial charge in [-0.05, 0) is 37.2 Å². The zero-order chi connectivity index (χ0) is 14.2. The SMILES string of the molecule is Cc1occc1C(=O)C1CC(C(C)(C)C)CCC1=O. The summed E-state index contributed by atoms with van der Waals surface area (Å²) in [5, 5.41) is 0. The molecule has 1 aromatic heterocycles. The Balaban J connectivity index is 2.21. The molecule has 1 fully saturated rings. The van der Waals surface area contributed by atoms with E-state index in [2.05, 4.69) is 20.8 Å². The van der Waals surface area contributed by atoms with E-state index in [4.69, 9.17) is 4.42 Å². The smallest absolute Gasteiger partial charge is 0.176 e. The van der Waals surface area contributed by atoms with Gasteiger partial charge in [-0.15, -0.1) is 0 Å². The molecule has 1 saturated carbocycles. The summed E-state index contributed by atoms with van der Waals surface area (Å²) < 4.78 is 5.17. The van der Waals surface area contributed by atoms with Gasteiger partial charge in [-0.2, -0.15) is 0 Å². The fourth-order valence-electron chi connectivity index (χ4n) is 2.89. The van der Waals surface area contributed by atoms with Gasteiger partial charge in [0.15, 0.2) is 5.78 Å². The van der Waals surface area contributed by atoms with E-state index in [0.29, 0.717) is 30.1 Å². The second kappa shape index (κ2) is 4.95. The second-order valence-electron chi connectivity index (χ2n) is 6.61. The molecule has 3 nitrogen and oxygen atoms in total. The first-order valence-corrected chi connectivity index (χ1v) is 6.91. The van der Waals surface area contributed by atoms with Crippen LogP contribution in [0.2, 0.25) is 0 Å². The van der Waals surface area contributed by atoms with Crippen molar-refractivity contribution in [3.63, 3.8) is 0 Å². The molecule has 0 radical (unpaired) electrons. The summed E-state index contributed by atoms with van der Waals surface area (Å²) in [5.41, 5.74) is 0.706. The highest BCUT2D eigenvalue weighted by Crippen LogP contribution is 2.40. The number of furan rings is 1. The third kappa shape index (κ3) is 2.80. The molecule has 104 valence electrons. The molecule has 1 aromatic rings. The summed E-state index contributed by atoms with van der Waals surface area (Å²) in [6, 6.07) is 1.67. The van der Waals surface area contributed by atoms with Crippen molar-refractivity contribution in [2.45, 2.75) is 47.0 Å². The number of hydrogen-bond donors (Lipinski definition) is 0. The zero-order valence-electron chi connectivity index (χ0n) is 12.2. The number of rotatable bonds is 2. The molecule has 1 aliphatic carbocycles. The quantitative estimate of drug-likeness (QED) is 0.601. The van der Waals surface area contributed by atoms with Crippen molar-refractivity contribution in [2.24, 2.45) is 17.3 Å². The van der Waals surface area contributed by atoms with Gasteiger partial charge in [0.2, 0.25) is 0 Å². The van der Waals surface area contributed by atoms with Crippen LogP contribution in [0.4, 0.5) is 0 Å². The molecule has 2 atom stereocenters. The van der Waals surface area contributed by atoms with E-state index in [1.54, 1.807) is 13.0 Å². The van der Waals surface area contributed by atoms with Crippen LogP contribution in [-0.4, -0.2) is 11.6 Å². The Morgan fingerprint density at radius 1 is 1.37 bits per heavy atom. The van der Waals surface area contributed by atoms with E-state index in [0.717, 1.165) is 6.42 Å². The molecule has 0 amide bonds. The number of ketones is 2. The molecule has 1 heterocycles. The lowest BCUT2D eigenvalue weighted by Crippen LogP contribution is -2.36. The molecular formula is C16H22O3. The summed E-state index contributed by atoms with van der Waals surface area (Å²) in [6.07, 6.45) is 3.61. The van der Waals surface area contributed by atoms with Crippen LogP contribution >= 0.6 is 0 Å². The highest BCUT2D eigenvalue weighted by Gasteiger charge is 2.39. The van der Waals surface area contributed by atoms with Crippen molar-refractivity contribution in [3.8, 4) is 0 Å². The van der Waals surface area contributed by atoms with Crippen LogP contribution in [0.25, 0.3) is 0 Å². The number of carbonyl (C=O) groups excluding carboxylic acids is 2. The van der Waals surface area contributed by atoms with Crippen LogP contribution < -0.4 is 0 Å². The van der Waals surface area contributed by atoms with Crippen LogP contribution in [0.5, 0.6) is 0 Å². The van der Waals surface area contributed by atoms with E-state index in [9.17, 15) is 9.59 Å². The molecule has 2 unspecified atom stereocenters. The first-order valence-electron chi connectivity index (χ1n) is 6.91. The van der Waals surface area contributed by atoms with E-state index in [1.165, 1.54) is 6.26 Å². The summed E-state index contributed by atoms with van der Waals surface area (Å²) in [4.78, 5) is 24.5. The van der Waals surface area contributed by atoms with Gasteiger partial charge in [0.05, 0.1) is 17.7 Å². The standard InChI is InChI=1S/C16H22O3/c1-10-12(7-8-19-10)15(18)13-9-11(16(2,3)4)5-6-14(13)17/h7-8,11,13H,5-6,9H2,1-4H3. The lowest BCUT2D eigenvalue weighted by molar-refractivity contribution is -0.124. The summed E-state index contributed by atoms with van der Waals surface area (Å²) >= 11 is 0. The minimum Gasteiger partial charge on any atom is -0.469 e. The van der Waals surface area contributed by atoms with Gasteiger partial charge in [-0.25, -0.2) is 0 Å². The van der Waals surface area contributed by atoms with Gasteiger partial charge in [-0.3, -0.25) is 9.59 Å². The van der Waals surface area contributed by atoms with E-state index < -0.39 is 5.92 Å². The topological polar surface area (TPSA) is 47.3 Å². The normalized spacial score (nSPS) is 24.5. The van der Waals surface area contributed by atoms with Gasteiger partial charge >= 0.3 is 0 Å². The van der Waals surface area contributed by atoms with Gasteiger partial charge in [0, 0.05) is 6.42 Å². The largest absolute Gasteiger partial charge is 0.469 e. The average Bonchev–Trinajstić information content (AvgIpc) is 2.73. The minimum absolute atomic E-state index is 0.0646. The summed E-state index contributed by atoms with van der Waals surface area (Å²) in [7, 11) is 0. The number of aryl methyl sites for hydroxylation is 1. The first kappa shape index (κ1) is 14.0. The Kier molecular flexibility index (Phi) is 3.66. The zero-order valence-corrected chi connectivity index (χ0v) is 12.2. The molecule has 1 aliphatic rings. The predicted molar refractivity (Wildman–Crippen MR) is 73.1 cm³/mol. The number of carbonyl (C=O) groups is 2. The van der Waals surface area contributed by atoms with Crippen molar-refractivity contribution < 1.29 is 14.0 Å². The Morgan fingerprint density at radius 3 is 2.58 bits per heavy atom. The van der Waals surface area contributed by atoms with Gasteiger partial charge in [-0.1, -0.05) is 20.8 Å². The molecule has 0 bridgehead atoms. The monoisotopic (exact) mass is 262 g/mol. The average molecular weight is 262 g/mol. The molecule has 19 heavy (non-hydrogen) atoms. The van der Waals surface area contributed by atoms with E-state index >= 15 is 0 Å². The Labute approximate surface area is 114 Å². The Morgan fingerprint density at radius 2 is 2.05 bits per heavy atom. The van der Waals surface area contributed by atoms with E-state index in [-0.39, 0.29) is 17.0 Å². The van der Waals surface area contributed by atoms with Crippen molar-refractivity contribution in [1.82, 2.24) is 0 Å². The Hall–Kier alpha value is -1.38. The molecule has 0 aliphatic heterocycles. The van der Waals surface area contributed by atoms with Crippen molar-refractivity contribution in [1.29, 1.82) is 0 Å². The highest BCUT2D eigenvalue weighted by atomic mass is 16.3. The van der Waals surface area contributed by atoms with Gasteiger partial charge < -0.3 is 4.42 Å². The van der Waals surface area contributed by atoms with Gasteiger partial charge in [0.1, 0.15) is 11.5 Å². The summed E-state index contributed by atoms with van der Waals surface area (Å²) in [6.45, 7) is 8.30. The van der Waals surface area contributed by atoms with E-state index in [1.807, 2.05) is 0 Å². The maximum atomic E-state index is 12.5. The third-order valence-corrected chi connectivity index (χ3v) is 4.31. The lowest BCUT2D eigenvalue weighted by Gasteiger charge is -2.36. The van der Waals surface area contributed by atoms with Crippen LogP contribution in [0, 0.1) is 24.2 Å². The molecule has 0 aromatic carbocycles. The van der Waals surface area contributed by atoms with Gasteiger partial charge in [0.25, 0.3) is 0 Å². The molecule has 3 heteroatoms. The molecular weight excluding hydrogens is 240 g/mol. The van der Waals surface area contributed by atoms with Crippen LogP contribution in [0.1, 0.15) is 56.2 Å². The van der Waals surface area contributed by atoms with Crippen molar-refractivity contribution >= 4 is 11.6 Å². The maximum absolute atomic E-state index is 12.5. The molecule has 0 N–H and O–H groups in total. The Bertz CT molecular complexity index is 490. The number of hydrogen-bond acceptors (Lipinski definition) is 3. The highest BCUT2D eigenvalue weighted by molar-refractivity contribution is 6.11. The first-order chi connectivity index (χ1) is 8.80. The third-order valence-electron chi connectivity index (χ3n) is 4.31. The minimum atomic E-state index is -0.478. The molecule has 0 spiro atoms.